The first-order valence-electron chi connectivity index (χ1n) is 17.1. The van der Waals surface area contributed by atoms with Crippen LogP contribution in [0.1, 0.15) is 79.2 Å². The number of imide groups is 1. The van der Waals surface area contributed by atoms with E-state index in [9.17, 15) is 9.59 Å². The van der Waals surface area contributed by atoms with E-state index >= 15 is 0 Å². The average molecular weight is 658 g/mol. The van der Waals surface area contributed by atoms with Crippen LogP contribution in [0.3, 0.4) is 0 Å². The Morgan fingerprint density at radius 1 is 0.894 bits per heavy atom. The number of hydrogen-bond acceptors (Lipinski definition) is 6. The molecule has 2 fully saturated rings. The Kier molecular flexibility index (Phi) is 11.1. The van der Waals surface area contributed by atoms with Crippen molar-refractivity contribution in [3.8, 4) is 0 Å². The number of carbonyl (C=O) groups excluding carboxylic acids is 2. The van der Waals surface area contributed by atoms with Gasteiger partial charge in [-0.3, -0.25) is 4.79 Å². The minimum Gasteiger partial charge on any atom is -0.447 e. The lowest BCUT2D eigenvalue weighted by Crippen LogP contribution is -2.67. The average Bonchev–Trinajstić information content (AvgIpc) is 3.57. The zero-order chi connectivity index (χ0) is 33.7. The highest BCUT2D eigenvalue weighted by Crippen LogP contribution is 2.38. The van der Waals surface area contributed by atoms with Gasteiger partial charge in [-0.15, -0.1) is 0 Å². The van der Waals surface area contributed by atoms with Crippen molar-refractivity contribution in [1.82, 2.24) is 4.90 Å². The Labute approximate surface area is 281 Å². The molecule has 47 heavy (non-hydrogen) atoms. The maximum Gasteiger partial charge on any atom is 0.417 e. The standard InChI is InChI=1S/C39H51NO6Si/c1-29(46-47(38(2,3)4,32-22-14-9-15-23-32)33-24-16-10-17-25-33)19-11-7-18-26-34-35(45-39(5,6)44-34)36(41)40-31(28-43-37(40)42)27-30-20-12-8-13-21-30/h8-10,12-17,20-25,29,31,34-35H,7,11,18-19,26-28H2,1-6H3/t29-,31+,34+,35+/m0/s1. The van der Waals surface area contributed by atoms with Crippen LogP contribution in [0.2, 0.25) is 5.04 Å². The topological polar surface area (TPSA) is 74.3 Å². The molecule has 2 aliphatic rings. The van der Waals surface area contributed by atoms with Crippen LogP contribution in [0.15, 0.2) is 91.0 Å². The second kappa shape index (κ2) is 14.9. The van der Waals surface area contributed by atoms with Crippen molar-refractivity contribution in [2.45, 2.75) is 115 Å². The predicted molar refractivity (Wildman–Crippen MR) is 187 cm³/mol. The Balaban J connectivity index is 1.19. The highest BCUT2D eigenvalue weighted by Gasteiger charge is 2.52. The number of ether oxygens (including phenoxy) is 3. The summed E-state index contributed by atoms with van der Waals surface area (Å²) in [6, 6.07) is 31.0. The van der Waals surface area contributed by atoms with Gasteiger partial charge in [0.2, 0.25) is 0 Å². The molecule has 2 saturated heterocycles. The summed E-state index contributed by atoms with van der Waals surface area (Å²) in [5.41, 5.74) is 1.04. The van der Waals surface area contributed by atoms with Gasteiger partial charge in [-0.1, -0.05) is 131 Å². The summed E-state index contributed by atoms with van der Waals surface area (Å²) in [6.45, 7) is 12.9. The van der Waals surface area contributed by atoms with Gasteiger partial charge in [0, 0.05) is 6.10 Å². The quantitative estimate of drug-likeness (QED) is 0.145. The van der Waals surface area contributed by atoms with E-state index in [0.717, 1.165) is 31.2 Å². The third-order valence-corrected chi connectivity index (χ3v) is 14.5. The fraction of sp³-hybridized carbons (Fsp3) is 0.487. The van der Waals surface area contributed by atoms with Gasteiger partial charge in [0.15, 0.2) is 11.9 Å². The molecule has 0 radical (unpaired) electrons. The molecule has 4 atom stereocenters. The van der Waals surface area contributed by atoms with E-state index in [1.165, 1.54) is 15.3 Å². The van der Waals surface area contributed by atoms with Crippen molar-refractivity contribution in [2.24, 2.45) is 0 Å². The fourth-order valence-electron chi connectivity index (χ4n) is 7.17. The zero-order valence-corrected chi connectivity index (χ0v) is 29.8. The second-order valence-corrected chi connectivity index (χ2v) is 18.7. The molecule has 3 aromatic carbocycles. The van der Waals surface area contributed by atoms with E-state index in [4.69, 9.17) is 18.6 Å². The Morgan fingerprint density at radius 2 is 1.47 bits per heavy atom. The molecule has 0 aliphatic carbocycles. The lowest BCUT2D eigenvalue weighted by Gasteiger charge is -2.44. The van der Waals surface area contributed by atoms with Crippen molar-refractivity contribution in [3.05, 3.63) is 96.6 Å². The number of nitrogens with zero attached hydrogens (tertiary/aromatic N) is 1. The number of benzene rings is 3. The van der Waals surface area contributed by atoms with E-state index in [-0.39, 0.29) is 29.7 Å². The lowest BCUT2D eigenvalue weighted by molar-refractivity contribution is -0.160. The van der Waals surface area contributed by atoms with Gasteiger partial charge in [-0.05, 0) is 61.0 Å². The molecular formula is C39H51NO6Si. The first-order chi connectivity index (χ1) is 22.4. The van der Waals surface area contributed by atoms with Crippen molar-refractivity contribution in [3.63, 3.8) is 0 Å². The van der Waals surface area contributed by atoms with Crippen LogP contribution in [0.25, 0.3) is 0 Å². The van der Waals surface area contributed by atoms with E-state index in [1.54, 1.807) is 0 Å². The molecule has 5 rings (SSSR count). The highest BCUT2D eigenvalue weighted by atomic mass is 28.4. The minimum atomic E-state index is -2.61. The van der Waals surface area contributed by atoms with Crippen LogP contribution >= 0.6 is 0 Å². The third-order valence-electron chi connectivity index (χ3n) is 9.33. The molecule has 2 aliphatic heterocycles. The number of carbonyl (C=O) groups is 2. The molecule has 8 heteroatoms. The molecule has 3 aromatic rings. The van der Waals surface area contributed by atoms with Gasteiger partial charge < -0.3 is 18.6 Å². The molecule has 0 N–H and O–H groups in total. The van der Waals surface area contributed by atoms with Crippen molar-refractivity contribution < 1.29 is 28.2 Å². The SMILES string of the molecule is C[C@@H](CCCCC[C@H]1OC(C)(C)O[C@H]1C(=O)N1C(=O)OC[C@H]1Cc1ccccc1)O[Si](c1ccccc1)(c1ccccc1)C(C)(C)C. The predicted octanol–water partition coefficient (Wildman–Crippen LogP) is 7.01. The van der Waals surface area contributed by atoms with Crippen LogP contribution in [-0.4, -0.2) is 62.0 Å². The number of unbranched alkanes of at least 4 members (excludes halogenated alkanes) is 2. The fourth-order valence-corrected chi connectivity index (χ4v) is 11.9. The van der Waals surface area contributed by atoms with Crippen molar-refractivity contribution in [2.75, 3.05) is 6.61 Å². The van der Waals surface area contributed by atoms with Gasteiger partial charge in [-0.25, -0.2) is 9.69 Å². The summed E-state index contributed by atoms with van der Waals surface area (Å²) in [6.07, 6.45) is 3.13. The molecule has 0 saturated carbocycles. The van der Waals surface area contributed by atoms with Gasteiger partial charge in [-0.2, -0.15) is 0 Å². The van der Waals surface area contributed by atoms with Crippen molar-refractivity contribution >= 4 is 30.7 Å². The first-order valence-corrected chi connectivity index (χ1v) is 19.0. The van der Waals surface area contributed by atoms with Crippen LogP contribution in [-0.2, 0) is 29.9 Å². The molecule has 2 amide bonds. The molecule has 2 heterocycles. The molecule has 0 aromatic heterocycles. The maximum absolute atomic E-state index is 13.8. The monoisotopic (exact) mass is 657 g/mol. The normalized spacial score (nSPS) is 21.9. The zero-order valence-electron chi connectivity index (χ0n) is 28.8. The van der Waals surface area contributed by atoms with Gasteiger partial charge >= 0.3 is 6.09 Å². The molecule has 7 nitrogen and oxygen atoms in total. The van der Waals surface area contributed by atoms with Crippen LogP contribution < -0.4 is 10.4 Å². The Morgan fingerprint density at radius 3 is 2.04 bits per heavy atom. The lowest BCUT2D eigenvalue weighted by atomic mass is 10.0. The van der Waals surface area contributed by atoms with E-state index in [0.29, 0.717) is 12.8 Å². The van der Waals surface area contributed by atoms with Crippen molar-refractivity contribution in [1.29, 1.82) is 0 Å². The first kappa shape index (κ1) is 35.0. The Hall–Kier alpha value is -3.30. The largest absolute Gasteiger partial charge is 0.447 e. The smallest absolute Gasteiger partial charge is 0.417 e. The number of cyclic esters (lactones) is 1. The number of hydrogen-bond donors (Lipinski definition) is 0. The van der Waals surface area contributed by atoms with E-state index in [1.807, 2.05) is 44.2 Å². The number of rotatable bonds is 13. The minimum absolute atomic E-state index is 0.0694. The molecule has 0 bridgehead atoms. The third kappa shape index (κ3) is 8.06. The summed E-state index contributed by atoms with van der Waals surface area (Å²) in [5.74, 6) is -1.29. The molecule has 0 unspecified atom stereocenters. The summed E-state index contributed by atoms with van der Waals surface area (Å²) < 4.78 is 24.9. The summed E-state index contributed by atoms with van der Waals surface area (Å²) in [7, 11) is -2.61. The summed E-state index contributed by atoms with van der Waals surface area (Å²) in [4.78, 5) is 27.8. The van der Waals surface area contributed by atoms with E-state index in [2.05, 4.69) is 88.4 Å². The maximum atomic E-state index is 13.8. The van der Waals surface area contributed by atoms with E-state index < -0.39 is 32.4 Å². The second-order valence-electron chi connectivity index (χ2n) is 14.5. The summed E-state index contributed by atoms with van der Waals surface area (Å²) in [5, 5.41) is 2.50. The van der Waals surface area contributed by atoms with Crippen LogP contribution in [0.5, 0.6) is 0 Å². The number of amides is 2. The van der Waals surface area contributed by atoms with Gasteiger partial charge in [0.1, 0.15) is 6.61 Å². The molecule has 0 spiro atoms. The van der Waals surface area contributed by atoms with Crippen LogP contribution in [0, 0.1) is 0 Å². The van der Waals surface area contributed by atoms with Gasteiger partial charge in [0.25, 0.3) is 14.2 Å². The Bertz CT molecular complexity index is 1420. The summed E-state index contributed by atoms with van der Waals surface area (Å²) >= 11 is 0. The van der Waals surface area contributed by atoms with Gasteiger partial charge in [0.05, 0.1) is 12.1 Å². The molecule has 252 valence electrons. The highest BCUT2D eigenvalue weighted by molar-refractivity contribution is 6.99. The molecular weight excluding hydrogens is 607 g/mol. The van der Waals surface area contributed by atoms with Crippen LogP contribution in [0.4, 0.5) is 4.79 Å².